The van der Waals surface area contributed by atoms with E-state index in [4.69, 9.17) is 23.2 Å². The van der Waals surface area contributed by atoms with Gasteiger partial charge in [-0.1, -0.05) is 29.3 Å². The molecule has 2 heterocycles. The van der Waals surface area contributed by atoms with E-state index in [0.717, 1.165) is 13.8 Å². The zero-order valence-electron chi connectivity index (χ0n) is 11.9. The molecule has 0 aliphatic rings. The minimum atomic E-state index is -0.207. The molecule has 0 aliphatic heterocycles. The van der Waals surface area contributed by atoms with Crippen molar-refractivity contribution in [2.24, 2.45) is 0 Å². The van der Waals surface area contributed by atoms with Crippen LogP contribution in [0, 0.1) is 0 Å². The molecule has 0 unspecified atom stereocenters. The molecule has 2 aromatic heterocycles. The van der Waals surface area contributed by atoms with Gasteiger partial charge in [-0.05, 0) is 55.6 Å². The van der Waals surface area contributed by atoms with Gasteiger partial charge in [-0.3, -0.25) is 9.48 Å². The van der Waals surface area contributed by atoms with Crippen molar-refractivity contribution in [3.8, 4) is 0 Å². The molecule has 0 spiro atoms. The Balaban J connectivity index is 1.70. The molecule has 0 aliphatic carbocycles. The second-order valence-electron chi connectivity index (χ2n) is 4.82. The highest BCUT2D eigenvalue weighted by Crippen LogP contribution is 2.32. The lowest BCUT2D eigenvalue weighted by molar-refractivity contribution is 0.103. The molecular weight excluding hydrogens is 501 g/mol. The quantitative estimate of drug-likeness (QED) is 0.463. The van der Waals surface area contributed by atoms with Gasteiger partial charge in [-0.25, -0.2) is 0 Å². The summed E-state index contributed by atoms with van der Waals surface area (Å²) in [6.07, 6.45) is 1.78. The molecule has 1 N–H and O–H groups in total. The van der Waals surface area contributed by atoms with E-state index in [1.54, 1.807) is 35.1 Å². The van der Waals surface area contributed by atoms with Gasteiger partial charge >= 0.3 is 0 Å². The lowest BCUT2D eigenvalue weighted by Crippen LogP contribution is -2.11. The summed E-state index contributed by atoms with van der Waals surface area (Å²) in [6.45, 7) is 0.488. The van der Waals surface area contributed by atoms with Gasteiger partial charge in [-0.15, -0.1) is 11.3 Å². The first-order chi connectivity index (χ1) is 11.4. The van der Waals surface area contributed by atoms with Crippen LogP contribution in [0.2, 0.25) is 10.0 Å². The summed E-state index contributed by atoms with van der Waals surface area (Å²) in [5.74, 6) is 0.270. The SMILES string of the molecule is O=C(Nc1ccn(Cc2ccc(Cl)cc2Cl)n1)c1cc(Br)c(Br)s1. The summed E-state index contributed by atoms with van der Waals surface area (Å²) in [5, 5.41) is 8.28. The first-order valence-electron chi connectivity index (χ1n) is 6.66. The molecule has 3 rings (SSSR count). The van der Waals surface area contributed by atoms with Crippen molar-refractivity contribution in [1.82, 2.24) is 9.78 Å². The number of anilines is 1. The monoisotopic (exact) mass is 507 g/mol. The van der Waals surface area contributed by atoms with E-state index in [0.29, 0.717) is 27.3 Å². The molecule has 3 aromatic rings. The normalized spacial score (nSPS) is 10.8. The van der Waals surface area contributed by atoms with Crippen LogP contribution in [-0.4, -0.2) is 15.7 Å². The molecule has 0 bridgehead atoms. The van der Waals surface area contributed by atoms with Crippen LogP contribution < -0.4 is 5.32 Å². The van der Waals surface area contributed by atoms with Crippen molar-refractivity contribution >= 4 is 78.1 Å². The fraction of sp³-hybridized carbons (Fsp3) is 0.0667. The van der Waals surface area contributed by atoms with E-state index >= 15 is 0 Å². The summed E-state index contributed by atoms with van der Waals surface area (Å²) < 4.78 is 3.42. The third kappa shape index (κ3) is 4.21. The second-order valence-corrected chi connectivity index (χ2v) is 8.89. The summed E-state index contributed by atoms with van der Waals surface area (Å²) in [4.78, 5) is 12.8. The van der Waals surface area contributed by atoms with E-state index in [1.165, 1.54) is 11.3 Å². The molecule has 1 amide bonds. The number of halogens is 4. The molecule has 0 atom stereocenters. The first-order valence-corrected chi connectivity index (χ1v) is 9.82. The molecule has 24 heavy (non-hydrogen) atoms. The van der Waals surface area contributed by atoms with Crippen LogP contribution in [0.1, 0.15) is 15.2 Å². The number of nitrogens with zero attached hydrogens (tertiary/aromatic N) is 2. The number of hydrogen-bond donors (Lipinski definition) is 1. The minimum Gasteiger partial charge on any atom is -0.304 e. The van der Waals surface area contributed by atoms with Gasteiger partial charge in [0.2, 0.25) is 0 Å². The number of thiophene rings is 1. The van der Waals surface area contributed by atoms with Crippen LogP contribution >= 0.6 is 66.4 Å². The van der Waals surface area contributed by atoms with Gasteiger partial charge in [0.05, 0.1) is 15.2 Å². The van der Waals surface area contributed by atoms with Crippen LogP contribution in [0.15, 0.2) is 44.8 Å². The highest BCUT2D eigenvalue weighted by molar-refractivity contribution is 9.13. The number of aromatic nitrogens is 2. The van der Waals surface area contributed by atoms with Crippen LogP contribution in [0.5, 0.6) is 0 Å². The van der Waals surface area contributed by atoms with E-state index < -0.39 is 0 Å². The van der Waals surface area contributed by atoms with Gasteiger partial charge in [0, 0.05) is 26.8 Å². The number of amides is 1. The molecule has 0 saturated heterocycles. The lowest BCUT2D eigenvalue weighted by atomic mass is 10.2. The zero-order chi connectivity index (χ0) is 17.3. The van der Waals surface area contributed by atoms with Crippen molar-refractivity contribution < 1.29 is 4.79 Å². The van der Waals surface area contributed by atoms with Crippen LogP contribution in [0.25, 0.3) is 0 Å². The fourth-order valence-corrected chi connectivity index (χ4v) is 4.38. The molecule has 0 radical (unpaired) electrons. The topological polar surface area (TPSA) is 46.9 Å². The third-order valence-corrected chi connectivity index (χ3v) is 6.94. The van der Waals surface area contributed by atoms with E-state index in [9.17, 15) is 4.79 Å². The van der Waals surface area contributed by atoms with E-state index in [-0.39, 0.29) is 5.91 Å². The van der Waals surface area contributed by atoms with Crippen LogP contribution in [0.3, 0.4) is 0 Å². The Morgan fingerprint density at radius 3 is 2.71 bits per heavy atom. The zero-order valence-corrected chi connectivity index (χ0v) is 17.4. The summed E-state index contributed by atoms with van der Waals surface area (Å²) in [5.41, 5.74) is 0.896. The summed E-state index contributed by atoms with van der Waals surface area (Å²) in [7, 11) is 0. The molecule has 0 saturated carbocycles. The van der Waals surface area contributed by atoms with Gasteiger partial charge < -0.3 is 5.32 Å². The maximum absolute atomic E-state index is 12.2. The molecule has 124 valence electrons. The van der Waals surface area contributed by atoms with E-state index in [2.05, 4.69) is 42.3 Å². The first kappa shape index (κ1) is 17.9. The predicted octanol–water partition coefficient (Wildman–Crippen LogP) is 6.08. The fourth-order valence-electron chi connectivity index (χ4n) is 1.98. The second kappa shape index (κ2) is 7.58. The lowest BCUT2D eigenvalue weighted by Gasteiger charge is -2.05. The molecule has 0 fully saturated rings. The standard InChI is InChI=1S/C15H9Br2Cl2N3OS/c16-10-6-12(24-14(10)17)15(23)20-13-3-4-22(21-13)7-8-1-2-9(18)5-11(8)19/h1-6H,7H2,(H,20,21,23). The Labute approximate surface area is 169 Å². The average Bonchev–Trinajstić information content (AvgIpc) is 3.09. The summed E-state index contributed by atoms with van der Waals surface area (Å²) >= 11 is 20.1. The Kier molecular flexibility index (Phi) is 5.66. The maximum Gasteiger partial charge on any atom is 0.267 e. The number of hydrogen-bond acceptors (Lipinski definition) is 3. The highest BCUT2D eigenvalue weighted by atomic mass is 79.9. The van der Waals surface area contributed by atoms with Gasteiger partial charge in [0.25, 0.3) is 5.91 Å². The molecular formula is C15H9Br2Cl2N3OS. The smallest absolute Gasteiger partial charge is 0.267 e. The maximum atomic E-state index is 12.2. The molecule has 1 aromatic carbocycles. The van der Waals surface area contributed by atoms with Crippen LogP contribution in [-0.2, 0) is 6.54 Å². The largest absolute Gasteiger partial charge is 0.304 e. The van der Waals surface area contributed by atoms with Crippen molar-refractivity contribution in [2.75, 3.05) is 5.32 Å². The van der Waals surface area contributed by atoms with Gasteiger partial charge in [0.1, 0.15) is 0 Å². The van der Waals surface area contributed by atoms with E-state index in [1.807, 2.05) is 6.07 Å². The summed E-state index contributed by atoms with van der Waals surface area (Å²) in [6, 6.07) is 8.82. The van der Waals surface area contributed by atoms with Crippen molar-refractivity contribution in [3.05, 3.63) is 65.3 Å². The van der Waals surface area contributed by atoms with Gasteiger partial charge in [0.15, 0.2) is 5.82 Å². The van der Waals surface area contributed by atoms with Gasteiger partial charge in [-0.2, -0.15) is 5.10 Å². The highest BCUT2D eigenvalue weighted by Gasteiger charge is 2.13. The Morgan fingerprint density at radius 1 is 1.25 bits per heavy atom. The third-order valence-electron chi connectivity index (χ3n) is 3.10. The Morgan fingerprint density at radius 2 is 2.04 bits per heavy atom. The number of carbonyl (C=O) groups excluding carboxylic acids is 1. The van der Waals surface area contributed by atoms with Crippen molar-refractivity contribution in [3.63, 3.8) is 0 Å². The predicted molar refractivity (Wildman–Crippen MR) is 105 cm³/mol. The number of carbonyl (C=O) groups is 1. The van der Waals surface area contributed by atoms with Crippen LogP contribution in [0.4, 0.5) is 5.82 Å². The van der Waals surface area contributed by atoms with Crippen molar-refractivity contribution in [2.45, 2.75) is 6.54 Å². The number of benzene rings is 1. The minimum absolute atomic E-state index is 0.207. The Bertz CT molecular complexity index is 891. The average molecular weight is 510 g/mol. The Hall–Kier alpha value is -0.860. The molecule has 4 nitrogen and oxygen atoms in total. The molecule has 9 heteroatoms. The number of rotatable bonds is 4. The number of nitrogens with one attached hydrogen (secondary N) is 1. The van der Waals surface area contributed by atoms with Crippen molar-refractivity contribution in [1.29, 1.82) is 0 Å².